The van der Waals surface area contributed by atoms with Crippen molar-refractivity contribution in [2.24, 2.45) is 0 Å². The quantitative estimate of drug-likeness (QED) is 0.531. The van der Waals surface area contributed by atoms with Crippen LogP contribution in [0.4, 0.5) is 5.69 Å². The minimum absolute atomic E-state index is 0.168. The first kappa shape index (κ1) is 9.04. The van der Waals surface area contributed by atoms with E-state index in [0.717, 1.165) is 10.6 Å². The average molecular weight is 194 g/mol. The third-order valence-electron chi connectivity index (χ3n) is 1.23. The maximum absolute atomic E-state index is 8.38. The van der Waals surface area contributed by atoms with Crippen LogP contribution in [0.15, 0.2) is 29.2 Å². The Balaban J connectivity index is 2.73. The summed E-state index contributed by atoms with van der Waals surface area (Å²) >= 11 is 8.80. The van der Waals surface area contributed by atoms with Gasteiger partial charge in [-0.2, -0.15) is 5.26 Å². The first-order valence-corrected chi connectivity index (χ1v) is 4.08. The molecule has 1 N–H and O–H groups in total. The number of nitrogens with one attached hydrogen (secondary N) is 1. The zero-order valence-corrected chi connectivity index (χ0v) is 7.82. The smallest absolute Gasteiger partial charge is 0.182 e. The second-order valence-corrected chi connectivity index (χ2v) is 3.04. The fourth-order valence-electron chi connectivity index (χ4n) is 0.704. The molecule has 0 saturated heterocycles. The van der Waals surface area contributed by atoms with Gasteiger partial charge in [0, 0.05) is 10.6 Å². The summed E-state index contributed by atoms with van der Waals surface area (Å²) in [5.74, 6) is 0. The lowest BCUT2D eigenvalue weighted by Gasteiger charge is -2.00. The summed E-state index contributed by atoms with van der Waals surface area (Å²) in [5, 5.41) is 11.1. The van der Waals surface area contributed by atoms with Gasteiger partial charge in [0.25, 0.3) is 0 Å². The molecule has 0 atom stereocenters. The number of rotatable bonds is 1. The van der Waals surface area contributed by atoms with E-state index in [9.17, 15) is 0 Å². The summed E-state index contributed by atoms with van der Waals surface area (Å²) in [6.45, 7) is 0. The molecule has 0 radical (unpaired) electrons. The largest absolute Gasteiger partial charge is 0.338 e. The predicted octanol–water partition coefficient (Wildman–Crippen LogP) is 2.24. The van der Waals surface area contributed by atoms with Crippen LogP contribution >= 0.6 is 24.8 Å². The molecule has 12 heavy (non-hydrogen) atoms. The molecule has 0 heterocycles. The number of anilines is 1. The Labute approximate surface area is 81.6 Å². The van der Waals surface area contributed by atoms with E-state index < -0.39 is 0 Å². The molecule has 1 rings (SSSR count). The van der Waals surface area contributed by atoms with E-state index in [1.54, 1.807) is 0 Å². The van der Waals surface area contributed by atoms with E-state index in [4.69, 9.17) is 5.26 Å². The second kappa shape index (κ2) is 4.10. The Morgan fingerprint density at radius 1 is 1.42 bits per heavy atom. The summed E-state index contributed by atoms with van der Waals surface area (Å²) in [7, 11) is 0. The SMILES string of the molecule is N#CC(=S)Nc1ccc(S)cc1. The average Bonchev–Trinajstić information content (AvgIpc) is 2.09. The normalized spacial score (nSPS) is 8.67. The fourth-order valence-corrected chi connectivity index (χ4v) is 0.971. The van der Waals surface area contributed by atoms with Gasteiger partial charge in [0.1, 0.15) is 6.07 Å². The maximum atomic E-state index is 8.38. The van der Waals surface area contributed by atoms with Crippen LogP contribution in [-0.4, -0.2) is 4.99 Å². The van der Waals surface area contributed by atoms with Crippen molar-refractivity contribution in [2.75, 3.05) is 5.32 Å². The van der Waals surface area contributed by atoms with Gasteiger partial charge in [0.05, 0.1) is 0 Å². The summed E-state index contributed by atoms with van der Waals surface area (Å²) in [6.07, 6.45) is 0. The van der Waals surface area contributed by atoms with E-state index in [1.165, 1.54) is 0 Å². The zero-order chi connectivity index (χ0) is 8.97. The van der Waals surface area contributed by atoms with Gasteiger partial charge in [-0.3, -0.25) is 0 Å². The Morgan fingerprint density at radius 2 is 2.00 bits per heavy atom. The van der Waals surface area contributed by atoms with E-state index in [1.807, 2.05) is 30.3 Å². The predicted molar refractivity (Wildman–Crippen MR) is 55.5 cm³/mol. The number of thiol groups is 1. The number of hydrogen-bond donors (Lipinski definition) is 2. The van der Waals surface area contributed by atoms with Gasteiger partial charge in [-0.1, -0.05) is 0 Å². The van der Waals surface area contributed by atoms with E-state index in [2.05, 4.69) is 30.2 Å². The van der Waals surface area contributed by atoms with Gasteiger partial charge in [0.15, 0.2) is 4.99 Å². The Bertz CT molecular complexity index is 324. The standard InChI is InChI=1S/C8H6N2S2/c9-5-8(12)10-6-1-3-7(11)4-2-6/h1-4,11H,(H,10,12). The molecular weight excluding hydrogens is 188 g/mol. The fraction of sp³-hybridized carbons (Fsp3) is 0. The lowest BCUT2D eigenvalue weighted by molar-refractivity contribution is 1.47. The molecule has 0 saturated carbocycles. The third kappa shape index (κ3) is 2.53. The van der Waals surface area contributed by atoms with Gasteiger partial charge < -0.3 is 5.32 Å². The topological polar surface area (TPSA) is 35.8 Å². The molecule has 0 aliphatic rings. The molecule has 4 heteroatoms. The molecule has 0 aromatic heterocycles. The van der Waals surface area contributed by atoms with Crippen molar-refractivity contribution in [1.82, 2.24) is 0 Å². The number of benzene rings is 1. The van der Waals surface area contributed by atoms with E-state index in [-0.39, 0.29) is 4.99 Å². The van der Waals surface area contributed by atoms with Crippen molar-refractivity contribution < 1.29 is 0 Å². The number of nitriles is 1. The maximum Gasteiger partial charge on any atom is 0.182 e. The Kier molecular flexibility index (Phi) is 3.09. The summed E-state index contributed by atoms with van der Waals surface area (Å²) in [4.78, 5) is 1.05. The van der Waals surface area contributed by atoms with Gasteiger partial charge >= 0.3 is 0 Å². The van der Waals surface area contributed by atoms with Crippen LogP contribution < -0.4 is 5.32 Å². The van der Waals surface area contributed by atoms with Crippen LogP contribution in [0.1, 0.15) is 0 Å². The number of hydrogen-bond acceptors (Lipinski definition) is 3. The number of nitrogens with zero attached hydrogens (tertiary/aromatic N) is 1. The summed E-state index contributed by atoms with van der Waals surface area (Å²) in [5.41, 5.74) is 0.805. The highest BCUT2D eigenvalue weighted by molar-refractivity contribution is 7.81. The zero-order valence-electron chi connectivity index (χ0n) is 6.11. The van der Waals surface area contributed by atoms with Crippen LogP contribution in [0.25, 0.3) is 0 Å². The van der Waals surface area contributed by atoms with Crippen molar-refractivity contribution in [3.8, 4) is 6.07 Å². The highest BCUT2D eigenvalue weighted by Crippen LogP contribution is 2.11. The first-order chi connectivity index (χ1) is 5.72. The minimum Gasteiger partial charge on any atom is -0.338 e. The van der Waals surface area contributed by atoms with Crippen LogP contribution in [0.5, 0.6) is 0 Å². The van der Waals surface area contributed by atoms with Crippen LogP contribution in [0.3, 0.4) is 0 Å². The molecule has 0 aliphatic heterocycles. The van der Waals surface area contributed by atoms with Gasteiger partial charge in [-0.05, 0) is 36.5 Å². The molecule has 0 spiro atoms. The minimum atomic E-state index is 0.168. The molecule has 2 nitrogen and oxygen atoms in total. The van der Waals surface area contributed by atoms with Gasteiger partial charge in [0.2, 0.25) is 0 Å². The molecule has 60 valence electrons. The lowest BCUT2D eigenvalue weighted by Crippen LogP contribution is -2.04. The second-order valence-electron chi connectivity index (χ2n) is 2.11. The number of thiocarbonyl (C=S) groups is 1. The molecule has 1 aromatic carbocycles. The van der Waals surface area contributed by atoms with Crippen LogP contribution in [-0.2, 0) is 0 Å². The van der Waals surface area contributed by atoms with Crippen molar-refractivity contribution in [3.05, 3.63) is 24.3 Å². The van der Waals surface area contributed by atoms with Gasteiger partial charge in [-0.15, -0.1) is 12.6 Å². The van der Waals surface area contributed by atoms with Crippen molar-refractivity contribution >= 4 is 35.5 Å². The third-order valence-corrected chi connectivity index (χ3v) is 1.72. The highest BCUT2D eigenvalue weighted by atomic mass is 32.1. The highest BCUT2D eigenvalue weighted by Gasteiger charge is 1.93. The van der Waals surface area contributed by atoms with Crippen molar-refractivity contribution in [2.45, 2.75) is 4.90 Å². The molecule has 0 fully saturated rings. The molecule has 1 aromatic rings. The van der Waals surface area contributed by atoms with Crippen LogP contribution in [0.2, 0.25) is 0 Å². The Morgan fingerprint density at radius 3 is 2.50 bits per heavy atom. The molecule has 0 bridgehead atoms. The Hall–Kier alpha value is -1.05. The first-order valence-electron chi connectivity index (χ1n) is 3.22. The van der Waals surface area contributed by atoms with E-state index in [0.29, 0.717) is 0 Å². The van der Waals surface area contributed by atoms with Crippen molar-refractivity contribution in [3.63, 3.8) is 0 Å². The lowest BCUT2D eigenvalue weighted by atomic mass is 10.3. The van der Waals surface area contributed by atoms with Gasteiger partial charge in [-0.25, -0.2) is 0 Å². The molecular formula is C8H6N2S2. The van der Waals surface area contributed by atoms with Crippen LogP contribution in [0, 0.1) is 11.3 Å². The van der Waals surface area contributed by atoms with Crippen molar-refractivity contribution in [1.29, 1.82) is 5.26 Å². The summed E-state index contributed by atoms with van der Waals surface area (Å²) in [6, 6.07) is 9.10. The monoisotopic (exact) mass is 194 g/mol. The summed E-state index contributed by atoms with van der Waals surface area (Å²) < 4.78 is 0. The molecule has 0 unspecified atom stereocenters. The molecule has 0 amide bonds. The molecule has 0 aliphatic carbocycles. The van der Waals surface area contributed by atoms with E-state index >= 15 is 0 Å².